The second-order valence-corrected chi connectivity index (χ2v) is 5.14. The van der Waals surface area contributed by atoms with Gasteiger partial charge < -0.3 is 5.32 Å². The molecule has 0 radical (unpaired) electrons. The van der Waals surface area contributed by atoms with E-state index in [-0.39, 0.29) is 0 Å². The summed E-state index contributed by atoms with van der Waals surface area (Å²) in [4.78, 5) is 6.01. The molecule has 1 N–H and O–H groups in total. The van der Waals surface area contributed by atoms with E-state index < -0.39 is 0 Å². The fourth-order valence-corrected chi connectivity index (χ4v) is 2.36. The highest BCUT2D eigenvalue weighted by Gasteiger charge is 2.00. The third kappa shape index (κ3) is 2.79. The zero-order valence-corrected chi connectivity index (χ0v) is 11.3. The molecule has 3 aromatic rings. The van der Waals surface area contributed by atoms with Crippen LogP contribution in [-0.2, 0) is 6.54 Å². The van der Waals surface area contributed by atoms with Crippen molar-refractivity contribution in [3.8, 4) is 5.69 Å². The van der Waals surface area contributed by atoms with Gasteiger partial charge in [0.25, 0.3) is 0 Å². The molecule has 0 unspecified atom stereocenters. The smallest absolute Gasteiger partial charge is 0.0898 e. The van der Waals surface area contributed by atoms with Gasteiger partial charge in [0.05, 0.1) is 35.3 Å². The van der Waals surface area contributed by atoms with Gasteiger partial charge in [-0.15, -0.1) is 11.3 Å². The summed E-state index contributed by atoms with van der Waals surface area (Å²) in [5, 5.41) is 14.7. The third-order valence-corrected chi connectivity index (χ3v) is 3.48. The highest BCUT2D eigenvalue weighted by atomic mass is 32.1. The van der Waals surface area contributed by atoms with Crippen LogP contribution in [0.3, 0.4) is 0 Å². The standard InChI is InChI=1S/C13H13N5S/c1-10-17-12(9-19-10)8-14-11-2-4-13(5-3-11)18-15-6-7-16-18/h2-7,9,14H,8H2,1H3. The second-order valence-electron chi connectivity index (χ2n) is 4.08. The summed E-state index contributed by atoms with van der Waals surface area (Å²) in [5.74, 6) is 0. The van der Waals surface area contributed by atoms with Gasteiger partial charge in [-0.25, -0.2) is 4.98 Å². The van der Waals surface area contributed by atoms with Crippen LogP contribution in [0.1, 0.15) is 10.7 Å². The van der Waals surface area contributed by atoms with Crippen LogP contribution in [0.2, 0.25) is 0 Å². The fraction of sp³-hybridized carbons (Fsp3) is 0.154. The van der Waals surface area contributed by atoms with Gasteiger partial charge >= 0.3 is 0 Å². The predicted molar refractivity (Wildman–Crippen MR) is 75.5 cm³/mol. The monoisotopic (exact) mass is 271 g/mol. The van der Waals surface area contributed by atoms with Gasteiger partial charge in [-0.3, -0.25) is 0 Å². The summed E-state index contributed by atoms with van der Waals surface area (Å²) in [6.07, 6.45) is 3.33. The summed E-state index contributed by atoms with van der Waals surface area (Å²) < 4.78 is 0. The van der Waals surface area contributed by atoms with Crippen LogP contribution in [0.5, 0.6) is 0 Å². The van der Waals surface area contributed by atoms with Crippen LogP contribution in [-0.4, -0.2) is 20.0 Å². The van der Waals surface area contributed by atoms with Gasteiger partial charge in [0, 0.05) is 11.1 Å². The van der Waals surface area contributed by atoms with Gasteiger partial charge in [0.15, 0.2) is 0 Å². The van der Waals surface area contributed by atoms with Crippen molar-refractivity contribution in [3.63, 3.8) is 0 Å². The molecular weight excluding hydrogens is 258 g/mol. The molecular formula is C13H13N5S. The SMILES string of the molecule is Cc1nc(CNc2ccc(-n3nccn3)cc2)cs1. The number of hydrogen-bond acceptors (Lipinski definition) is 5. The molecule has 0 aliphatic heterocycles. The van der Waals surface area contributed by atoms with Crippen molar-refractivity contribution in [1.82, 2.24) is 20.0 Å². The van der Waals surface area contributed by atoms with Gasteiger partial charge in [0.2, 0.25) is 0 Å². The second kappa shape index (κ2) is 5.19. The van der Waals surface area contributed by atoms with Crippen LogP contribution >= 0.6 is 11.3 Å². The first-order valence-corrected chi connectivity index (χ1v) is 6.81. The van der Waals surface area contributed by atoms with Gasteiger partial charge in [0.1, 0.15) is 0 Å². The molecule has 0 spiro atoms. The zero-order chi connectivity index (χ0) is 13.1. The highest BCUT2D eigenvalue weighted by Crippen LogP contribution is 2.14. The van der Waals surface area contributed by atoms with Crippen LogP contribution < -0.4 is 5.32 Å². The van der Waals surface area contributed by atoms with Crippen LogP contribution in [0.25, 0.3) is 5.69 Å². The third-order valence-electron chi connectivity index (χ3n) is 2.66. The molecule has 5 nitrogen and oxygen atoms in total. The summed E-state index contributed by atoms with van der Waals surface area (Å²) in [6.45, 7) is 2.75. The molecule has 0 atom stereocenters. The molecule has 0 amide bonds. The maximum absolute atomic E-state index is 4.42. The molecule has 0 bridgehead atoms. The maximum Gasteiger partial charge on any atom is 0.0898 e. The van der Waals surface area contributed by atoms with Crippen LogP contribution in [0, 0.1) is 6.92 Å². The van der Waals surface area contributed by atoms with E-state index in [0.29, 0.717) is 0 Å². The Balaban J connectivity index is 1.66. The molecule has 96 valence electrons. The molecule has 0 fully saturated rings. The van der Waals surface area contributed by atoms with E-state index in [2.05, 4.69) is 25.9 Å². The van der Waals surface area contributed by atoms with Gasteiger partial charge in [-0.05, 0) is 31.2 Å². The number of benzene rings is 1. The normalized spacial score (nSPS) is 10.6. The summed E-state index contributed by atoms with van der Waals surface area (Å²) in [5.41, 5.74) is 3.07. The minimum absolute atomic E-state index is 0.740. The molecule has 1 aromatic carbocycles. The Bertz CT molecular complexity index is 642. The Labute approximate surface area is 114 Å². The molecule has 6 heteroatoms. The van der Waals surface area contributed by atoms with E-state index in [1.807, 2.05) is 31.2 Å². The lowest BCUT2D eigenvalue weighted by Gasteiger charge is -2.05. The van der Waals surface area contributed by atoms with Crippen molar-refractivity contribution in [2.45, 2.75) is 13.5 Å². The number of anilines is 1. The van der Waals surface area contributed by atoms with E-state index in [9.17, 15) is 0 Å². The Hall–Kier alpha value is -2.21. The number of nitrogens with zero attached hydrogens (tertiary/aromatic N) is 4. The first-order valence-electron chi connectivity index (χ1n) is 5.93. The Morgan fingerprint density at radius 2 is 1.89 bits per heavy atom. The molecule has 0 aliphatic carbocycles. The molecule has 0 saturated heterocycles. The Morgan fingerprint density at radius 1 is 1.16 bits per heavy atom. The topological polar surface area (TPSA) is 55.6 Å². The van der Waals surface area contributed by atoms with E-state index in [1.54, 1.807) is 28.5 Å². The highest BCUT2D eigenvalue weighted by molar-refractivity contribution is 7.09. The number of aromatic nitrogens is 4. The van der Waals surface area contributed by atoms with Gasteiger partial charge in [-0.1, -0.05) is 0 Å². The van der Waals surface area contributed by atoms with Crippen LogP contribution in [0.4, 0.5) is 5.69 Å². The summed E-state index contributed by atoms with van der Waals surface area (Å²) >= 11 is 1.67. The molecule has 3 rings (SSSR count). The lowest BCUT2D eigenvalue weighted by atomic mass is 10.3. The number of rotatable bonds is 4. The molecule has 2 heterocycles. The lowest BCUT2D eigenvalue weighted by Crippen LogP contribution is -2.01. The van der Waals surface area contributed by atoms with Gasteiger partial charge in [-0.2, -0.15) is 15.0 Å². The quantitative estimate of drug-likeness (QED) is 0.792. The minimum Gasteiger partial charge on any atom is -0.379 e. The average molecular weight is 271 g/mol. The maximum atomic E-state index is 4.42. The van der Waals surface area contributed by atoms with Crippen molar-refractivity contribution in [3.05, 3.63) is 52.7 Å². The number of hydrogen-bond donors (Lipinski definition) is 1. The Kier molecular flexibility index (Phi) is 3.24. The van der Waals surface area contributed by atoms with Crippen molar-refractivity contribution >= 4 is 17.0 Å². The molecule has 19 heavy (non-hydrogen) atoms. The summed E-state index contributed by atoms with van der Waals surface area (Å²) in [7, 11) is 0. The first-order chi connectivity index (χ1) is 9.31. The zero-order valence-electron chi connectivity index (χ0n) is 10.4. The van der Waals surface area contributed by atoms with Crippen molar-refractivity contribution in [2.75, 3.05) is 5.32 Å². The fourth-order valence-electron chi connectivity index (χ4n) is 1.74. The Morgan fingerprint density at radius 3 is 2.53 bits per heavy atom. The molecule has 0 saturated carbocycles. The summed E-state index contributed by atoms with van der Waals surface area (Å²) in [6, 6.07) is 7.99. The number of thiazole rings is 1. The van der Waals surface area contributed by atoms with E-state index in [0.717, 1.165) is 28.6 Å². The van der Waals surface area contributed by atoms with E-state index >= 15 is 0 Å². The van der Waals surface area contributed by atoms with E-state index in [1.165, 1.54) is 0 Å². The lowest BCUT2D eigenvalue weighted by molar-refractivity contribution is 0.752. The predicted octanol–water partition coefficient (Wildman–Crippen LogP) is 2.64. The largest absolute Gasteiger partial charge is 0.379 e. The first kappa shape index (κ1) is 11.9. The number of aryl methyl sites for hydroxylation is 1. The van der Waals surface area contributed by atoms with Crippen molar-refractivity contribution in [2.24, 2.45) is 0 Å². The average Bonchev–Trinajstić information content (AvgIpc) is 3.08. The minimum atomic E-state index is 0.740. The number of nitrogens with one attached hydrogen (secondary N) is 1. The van der Waals surface area contributed by atoms with Crippen molar-refractivity contribution < 1.29 is 0 Å². The van der Waals surface area contributed by atoms with E-state index in [4.69, 9.17) is 0 Å². The molecule has 0 aliphatic rings. The van der Waals surface area contributed by atoms with Crippen molar-refractivity contribution in [1.29, 1.82) is 0 Å². The van der Waals surface area contributed by atoms with Crippen LogP contribution in [0.15, 0.2) is 42.0 Å². The molecule has 2 aromatic heterocycles.